The van der Waals surface area contributed by atoms with Gasteiger partial charge in [0.2, 0.25) is 0 Å². The molecule has 2 atom stereocenters. The zero-order valence-corrected chi connectivity index (χ0v) is 11.5. The number of fused-ring (bicyclic) bond motifs is 1. The van der Waals surface area contributed by atoms with Gasteiger partial charge in [0.05, 0.1) is 5.69 Å². The van der Waals surface area contributed by atoms with E-state index in [2.05, 4.69) is 61.4 Å². The lowest BCUT2D eigenvalue weighted by molar-refractivity contribution is 0.477. The van der Waals surface area contributed by atoms with E-state index in [-0.39, 0.29) is 0 Å². The van der Waals surface area contributed by atoms with Gasteiger partial charge in [0.25, 0.3) is 0 Å². The highest BCUT2D eigenvalue weighted by Gasteiger charge is 2.16. The monoisotopic (exact) mass is 242 g/mol. The number of aromatic nitrogens is 1. The molecule has 18 heavy (non-hydrogen) atoms. The molecule has 2 nitrogen and oxygen atoms in total. The first-order valence-electron chi connectivity index (χ1n) is 6.81. The van der Waals surface area contributed by atoms with E-state index in [1.54, 1.807) is 0 Å². The molecular formula is C16H22N2. The van der Waals surface area contributed by atoms with Crippen LogP contribution in [0, 0.1) is 0 Å². The average Bonchev–Trinajstić information content (AvgIpc) is 2.43. The second-order valence-electron chi connectivity index (χ2n) is 4.95. The van der Waals surface area contributed by atoms with Crippen LogP contribution in [-0.4, -0.2) is 17.6 Å². The zero-order chi connectivity index (χ0) is 13.0. The van der Waals surface area contributed by atoms with Gasteiger partial charge in [-0.2, -0.15) is 0 Å². The SMILES string of the molecule is CCCNC(C)C(C)c1nccc2ccccc12. The number of rotatable bonds is 5. The van der Waals surface area contributed by atoms with E-state index in [1.165, 1.54) is 22.9 Å². The van der Waals surface area contributed by atoms with Crippen LogP contribution < -0.4 is 5.32 Å². The molecule has 0 saturated heterocycles. The highest BCUT2D eigenvalue weighted by Crippen LogP contribution is 2.25. The maximum Gasteiger partial charge on any atom is 0.0525 e. The van der Waals surface area contributed by atoms with Crippen LogP contribution in [0.3, 0.4) is 0 Å². The van der Waals surface area contributed by atoms with Crippen molar-refractivity contribution in [2.45, 2.75) is 39.2 Å². The second kappa shape index (κ2) is 5.96. The molecule has 0 radical (unpaired) electrons. The molecule has 0 saturated carbocycles. The van der Waals surface area contributed by atoms with Crippen LogP contribution >= 0.6 is 0 Å². The average molecular weight is 242 g/mol. The molecule has 0 bridgehead atoms. The molecule has 1 aromatic heterocycles. The predicted molar refractivity (Wildman–Crippen MR) is 77.9 cm³/mol. The second-order valence-corrected chi connectivity index (χ2v) is 4.95. The standard InChI is InChI=1S/C16H22N2/c1-4-10-17-13(3)12(2)16-15-8-6-5-7-14(15)9-11-18-16/h5-9,11-13,17H,4,10H2,1-3H3. The Labute approximate surface area is 109 Å². The molecular weight excluding hydrogens is 220 g/mol. The molecule has 0 aliphatic rings. The molecule has 0 amide bonds. The van der Waals surface area contributed by atoms with Crippen molar-refractivity contribution in [3.05, 3.63) is 42.2 Å². The first kappa shape index (κ1) is 13.0. The normalized spacial score (nSPS) is 14.6. The van der Waals surface area contributed by atoms with Gasteiger partial charge in [-0.05, 0) is 31.3 Å². The predicted octanol–water partition coefficient (Wildman–Crippen LogP) is 3.73. The van der Waals surface area contributed by atoms with Gasteiger partial charge in [0, 0.05) is 23.5 Å². The summed E-state index contributed by atoms with van der Waals surface area (Å²) in [6, 6.07) is 11.0. The van der Waals surface area contributed by atoms with Gasteiger partial charge < -0.3 is 5.32 Å². The van der Waals surface area contributed by atoms with Gasteiger partial charge in [-0.1, -0.05) is 38.1 Å². The summed E-state index contributed by atoms with van der Waals surface area (Å²) >= 11 is 0. The summed E-state index contributed by atoms with van der Waals surface area (Å²) in [6.07, 6.45) is 3.08. The third-order valence-electron chi connectivity index (χ3n) is 3.60. The fraction of sp³-hybridized carbons (Fsp3) is 0.438. The molecule has 2 heteroatoms. The van der Waals surface area contributed by atoms with Gasteiger partial charge in [-0.25, -0.2) is 0 Å². The van der Waals surface area contributed by atoms with Crippen LogP contribution in [0.5, 0.6) is 0 Å². The number of nitrogens with zero attached hydrogens (tertiary/aromatic N) is 1. The smallest absolute Gasteiger partial charge is 0.0525 e. The van der Waals surface area contributed by atoms with Crippen molar-refractivity contribution in [3.8, 4) is 0 Å². The Morgan fingerprint density at radius 1 is 1.17 bits per heavy atom. The minimum atomic E-state index is 0.419. The van der Waals surface area contributed by atoms with Gasteiger partial charge in [0.15, 0.2) is 0 Å². The summed E-state index contributed by atoms with van der Waals surface area (Å²) in [6.45, 7) is 7.75. The molecule has 2 unspecified atom stereocenters. The molecule has 0 fully saturated rings. The van der Waals surface area contributed by atoms with Crippen molar-refractivity contribution < 1.29 is 0 Å². The summed E-state index contributed by atoms with van der Waals surface area (Å²) in [4.78, 5) is 4.60. The maximum absolute atomic E-state index is 4.60. The van der Waals surface area contributed by atoms with Gasteiger partial charge in [0.1, 0.15) is 0 Å². The van der Waals surface area contributed by atoms with Crippen molar-refractivity contribution in [3.63, 3.8) is 0 Å². The zero-order valence-electron chi connectivity index (χ0n) is 11.5. The molecule has 2 rings (SSSR count). The van der Waals surface area contributed by atoms with Gasteiger partial charge in [-0.3, -0.25) is 4.98 Å². The quantitative estimate of drug-likeness (QED) is 0.864. The molecule has 2 aromatic rings. The number of hydrogen-bond donors (Lipinski definition) is 1. The van der Waals surface area contributed by atoms with Crippen molar-refractivity contribution >= 4 is 10.8 Å². The van der Waals surface area contributed by atoms with Crippen LogP contribution in [-0.2, 0) is 0 Å². The van der Waals surface area contributed by atoms with Gasteiger partial charge in [-0.15, -0.1) is 0 Å². The van der Waals surface area contributed by atoms with E-state index in [1.807, 2.05) is 6.20 Å². The van der Waals surface area contributed by atoms with E-state index in [9.17, 15) is 0 Å². The highest BCUT2D eigenvalue weighted by atomic mass is 14.9. The summed E-state index contributed by atoms with van der Waals surface area (Å²) in [7, 11) is 0. The first-order chi connectivity index (χ1) is 8.74. The lowest BCUT2D eigenvalue weighted by Gasteiger charge is -2.22. The van der Waals surface area contributed by atoms with Crippen molar-refractivity contribution in [1.29, 1.82) is 0 Å². The number of hydrogen-bond acceptors (Lipinski definition) is 2. The molecule has 0 aliphatic carbocycles. The fourth-order valence-corrected chi connectivity index (χ4v) is 2.29. The largest absolute Gasteiger partial charge is 0.314 e. The topological polar surface area (TPSA) is 24.9 Å². The molecule has 96 valence electrons. The van der Waals surface area contributed by atoms with Crippen LogP contribution in [0.4, 0.5) is 0 Å². The van der Waals surface area contributed by atoms with Crippen LogP contribution in [0.2, 0.25) is 0 Å². The van der Waals surface area contributed by atoms with E-state index in [4.69, 9.17) is 0 Å². The Hall–Kier alpha value is -1.41. The van der Waals surface area contributed by atoms with E-state index in [0.29, 0.717) is 12.0 Å². The van der Waals surface area contributed by atoms with Crippen molar-refractivity contribution in [2.24, 2.45) is 0 Å². The lowest BCUT2D eigenvalue weighted by atomic mass is 9.95. The minimum Gasteiger partial charge on any atom is -0.314 e. The molecule has 0 spiro atoms. The summed E-state index contributed by atoms with van der Waals surface area (Å²) < 4.78 is 0. The summed E-state index contributed by atoms with van der Waals surface area (Å²) in [5, 5.41) is 6.11. The lowest BCUT2D eigenvalue weighted by Crippen LogP contribution is -2.31. The Morgan fingerprint density at radius 2 is 1.94 bits per heavy atom. The van der Waals surface area contributed by atoms with E-state index in [0.717, 1.165) is 6.54 Å². The van der Waals surface area contributed by atoms with E-state index >= 15 is 0 Å². The van der Waals surface area contributed by atoms with Crippen LogP contribution in [0.1, 0.15) is 38.8 Å². The third-order valence-corrected chi connectivity index (χ3v) is 3.60. The highest BCUT2D eigenvalue weighted by molar-refractivity contribution is 5.84. The Kier molecular flexibility index (Phi) is 4.32. The maximum atomic E-state index is 4.60. The Bertz CT molecular complexity index is 502. The Balaban J connectivity index is 2.29. The molecule has 1 aromatic carbocycles. The van der Waals surface area contributed by atoms with Crippen molar-refractivity contribution in [2.75, 3.05) is 6.54 Å². The molecule has 1 heterocycles. The van der Waals surface area contributed by atoms with Crippen molar-refractivity contribution in [1.82, 2.24) is 10.3 Å². The summed E-state index contributed by atoms with van der Waals surface area (Å²) in [5.41, 5.74) is 1.20. The van der Waals surface area contributed by atoms with Gasteiger partial charge >= 0.3 is 0 Å². The van der Waals surface area contributed by atoms with E-state index < -0.39 is 0 Å². The third kappa shape index (κ3) is 2.70. The van der Waals surface area contributed by atoms with Crippen LogP contribution in [0.25, 0.3) is 10.8 Å². The first-order valence-corrected chi connectivity index (χ1v) is 6.81. The number of nitrogens with one attached hydrogen (secondary N) is 1. The molecule has 0 aliphatic heterocycles. The Morgan fingerprint density at radius 3 is 2.72 bits per heavy atom. The van der Waals surface area contributed by atoms with Crippen LogP contribution in [0.15, 0.2) is 36.5 Å². The number of benzene rings is 1. The summed E-state index contributed by atoms with van der Waals surface area (Å²) in [5.74, 6) is 0.419. The number of pyridine rings is 1. The fourth-order valence-electron chi connectivity index (χ4n) is 2.29. The minimum absolute atomic E-state index is 0.419. The molecule has 1 N–H and O–H groups in total.